The van der Waals surface area contributed by atoms with E-state index in [1.165, 1.54) is 0 Å². The lowest BCUT2D eigenvalue weighted by Gasteiger charge is -2.20. The first kappa shape index (κ1) is 9.60. The molecule has 3 rings (SSSR count). The summed E-state index contributed by atoms with van der Waals surface area (Å²) in [5.41, 5.74) is 2.27. The molecule has 1 aliphatic heterocycles. The van der Waals surface area contributed by atoms with Gasteiger partial charge in [0.25, 0.3) is 0 Å². The van der Waals surface area contributed by atoms with E-state index in [9.17, 15) is 5.11 Å². The summed E-state index contributed by atoms with van der Waals surface area (Å²) in [6.07, 6.45) is 3.31. The van der Waals surface area contributed by atoms with Crippen LogP contribution >= 0.6 is 0 Å². The van der Waals surface area contributed by atoms with E-state index in [0.29, 0.717) is 0 Å². The molecule has 3 heteroatoms. The van der Waals surface area contributed by atoms with Crippen LogP contribution in [0.25, 0.3) is 11.3 Å². The lowest BCUT2D eigenvalue weighted by molar-refractivity contribution is 0.134. The highest BCUT2D eigenvalue weighted by molar-refractivity contribution is 5.59. The zero-order chi connectivity index (χ0) is 11.0. The molecule has 1 N–H and O–H groups in total. The van der Waals surface area contributed by atoms with Crippen LogP contribution in [0, 0.1) is 0 Å². The van der Waals surface area contributed by atoms with Gasteiger partial charge in [0.1, 0.15) is 11.9 Å². The van der Waals surface area contributed by atoms with E-state index < -0.39 is 6.10 Å². The number of hydrogen-bond acceptors (Lipinski definition) is 2. The number of benzene rings is 1. The molecule has 2 aromatic rings. The summed E-state index contributed by atoms with van der Waals surface area (Å²) in [5.74, 6) is 0.810. The van der Waals surface area contributed by atoms with Crippen LogP contribution in [0.15, 0.2) is 36.5 Å². The van der Waals surface area contributed by atoms with E-state index in [-0.39, 0.29) is 0 Å². The zero-order valence-electron chi connectivity index (χ0n) is 9.00. The minimum atomic E-state index is -0.397. The van der Waals surface area contributed by atoms with Gasteiger partial charge in [0, 0.05) is 6.54 Å². The molecule has 0 aliphatic carbocycles. The fourth-order valence-electron chi connectivity index (χ4n) is 2.30. The molecule has 1 atom stereocenters. The van der Waals surface area contributed by atoms with Crippen LogP contribution in [0.5, 0.6) is 0 Å². The predicted molar refractivity (Wildman–Crippen MR) is 61.9 cm³/mol. The Bertz CT molecular complexity index is 490. The molecule has 1 aromatic carbocycles. The van der Waals surface area contributed by atoms with Crippen LogP contribution < -0.4 is 0 Å². The highest BCUT2D eigenvalue weighted by Crippen LogP contribution is 2.29. The van der Waals surface area contributed by atoms with Crippen molar-refractivity contribution >= 4 is 0 Å². The fraction of sp³-hybridized carbons (Fsp3) is 0.308. The Labute approximate surface area is 94.4 Å². The normalized spacial score (nSPS) is 19.4. The Morgan fingerprint density at radius 2 is 2.06 bits per heavy atom. The number of hydrogen-bond donors (Lipinski definition) is 1. The molecule has 0 spiro atoms. The topological polar surface area (TPSA) is 38.0 Å². The molecule has 0 bridgehead atoms. The van der Waals surface area contributed by atoms with Crippen molar-refractivity contribution in [3.63, 3.8) is 0 Å². The van der Waals surface area contributed by atoms with Crippen molar-refractivity contribution in [1.82, 2.24) is 9.55 Å². The molecular formula is C13H14N2O. The van der Waals surface area contributed by atoms with E-state index in [2.05, 4.69) is 21.7 Å². The third-order valence-corrected chi connectivity index (χ3v) is 3.11. The monoisotopic (exact) mass is 214 g/mol. The molecule has 16 heavy (non-hydrogen) atoms. The predicted octanol–water partition coefficient (Wildman–Crippen LogP) is 2.38. The van der Waals surface area contributed by atoms with Gasteiger partial charge in [-0.05, 0) is 18.4 Å². The molecule has 1 aromatic heterocycles. The van der Waals surface area contributed by atoms with E-state index >= 15 is 0 Å². The van der Waals surface area contributed by atoms with Gasteiger partial charge in [0.2, 0.25) is 0 Å². The molecule has 3 nitrogen and oxygen atoms in total. The van der Waals surface area contributed by atoms with Crippen molar-refractivity contribution in [2.24, 2.45) is 0 Å². The average molecular weight is 214 g/mol. The minimum absolute atomic E-state index is 0.397. The van der Waals surface area contributed by atoms with Gasteiger partial charge in [0.05, 0.1) is 11.9 Å². The third-order valence-electron chi connectivity index (χ3n) is 3.11. The SMILES string of the molecule is OC1CCCn2c(-c3ccccc3)cnc21. The summed E-state index contributed by atoms with van der Waals surface area (Å²) in [6, 6.07) is 10.2. The molecule has 0 saturated carbocycles. The van der Waals surface area contributed by atoms with Crippen LogP contribution in [-0.4, -0.2) is 14.7 Å². The van der Waals surface area contributed by atoms with Crippen molar-refractivity contribution in [1.29, 1.82) is 0 Å². The number of fused-ring (bicyclic) bond motifs is 1. The molecular weight excluding hydrogens is 200 g/mol. The molecule has 0 saturated heterocycles. The second-order valence-corrected chi connectivity index (χ2v) is 4.18. The molecule has 0 radical (unpaired) electrons. The Kier molecular flexibility index (Phi) is 2.26. The summed E-state index contributed by atoms with van der Waals surface area (Å²) < 4.78 is 2.13. The Morgan fingerprint density at radius 3 is 2.88 bits per heavy atom. The summed E-state index contributed by atoms with van der Waals surface area (Å²) >= 11 is 0. The smallest absolute Gasteiger partial charge is 0.138 e. The summed E-state index contributed by atoms with van der Waals surface area (Å²) in [6.45, 7) is 0.955. The number of nitrogens with zero attached hydrogens (tertiary/aromatic N) is 2. The standard InChI is InChI=1S/C13H14N2O/c16-12-7-4-8-15-11(9-14-13(12)15)10-5-2-1-3-6-10/h1-3,5-6,9,12,16H,4,7-8H2. The number of aromatic nitrogens is 2. The van der Waals surface area contributed by atoms with E-state index in [1.807, 2.05) is 24.4 Å². The van der Waals surface area contributed by atoms with Crippen molar-refractivity contribution < 1.29 is 5.11 Å². The maximum absolute atomic E-state index is 9.84. The summed E-state index contributed by atoms with van der Waals surface area (Å²) in [5, 5.41) is 9.84. The van der Waals surface area contributed by atoms with E-state index in [1.54, 1.807) is 0 Å². The van der Waals surface area contributed by atoms with Gasteiger partial charge in [0.15, 0.2) is 0 Å². The van der Waals surface area contributed by atoms with Crippen molar-refractivity contribution in [3.8, 4) is 11.3 Å². The van der Waals surface area contributed by atoms with E-state index in [0.717, 1.165) is 36.5 Å². The van der Waals surface area contributed by atoms with Gasteiger partial charge in [-0.1, -0.05) is 30.3 Å². The van der Waals surface area contributed by atoms with Crippen LogP contribution in [0.1, 0.15) is 24.8 Å². The first-order valence-corrected chi connectivity index (χ1v) is 5.65. The lowest BCUT2D eigenvalue weighted by atomic mass is 10.1. The van der Waals surface area contributed by atoms with Crippen LogP contribution in [0.2, 0.25) is 0 Å². The molecule has 1 aliphatic rings. The van der Waals surface area contributed by atoms with Gasteiger partial charge in [-0.2, -0.15) is 0 Å². The molecule has 0 amide bonds. The molecule has 0 fully saturated rings. The van der Waals surface area contributed by atoms with Crippen LogP contribution in [0.4, 0.5) is 0 Å². The number of aliphatic hydroxyl groups excluding tert-OH is 1. The largest absolute Gasteiger partial charge is 0.385 e. The molecule has 2 heterocycles. The molecule has 82 valence electrons. The van der Waals surface area contributed by atoms with E-state index in [4.69, 9.17) is 0 Å². The van der Waals surface area contributed by atoms with Gasteiger partial charge < -0.3 is 9.67 Å². The highest BCUT2D eigenvalue weighted by Gasteiger charge is 2.21. The van der Waals surface area contributed by atoms with Crippen molar-refractivity contribution in [2.75, 3.05) is 0 Å². The lowest BCUT2D eigenvalue weighted by Crippen LogP contribution is -2.16. The van der Waals surface area contributed by atoms with Gasteiger partial charge in [-0.3, -0.25) is 0 Å². The van der Waals surface area contributed by atoms with Gasteiger partial charge >= 0.3 is 0 Å². The van der Waals surface area contributed by atoms with Gasteiger partial charge in [-0.15, -0.1) is 0 Å². The maximum Gasteiger partial charge on any atom is 0.138 e. The second kappa shape index (κ2) is 3.76. The summed E-state index contributed by atoms with van der Waals surface area (Å²) in [4.78, 5) is 4.33. The summed E-state index contributed by atoms with van der Waals surface area (Å²) in [7, 11) is 0. The highest BCUT2D eigenvalue weighted by atomic mass is 16.3. The fourth-order valence-corrected chi connectivity index (χ4v) is 2.30. The first-order chi connectivity index (χ1) is 7.86. The minimum Gasteiger partial charge on any atom is -0.385 e. The zero-order valence-corrected chi connectivity index (χ0v) is 9.00. The average Bonchev–Trinajstić information content (AvgIpc) is 2.75. The van der Waals surface area contributed by atoms with Crippen LogP contribution in [-0.2, 0) is 6.54 Å². The van der Waals surface area contributed by atoms with Crippen LogP contribution in [0.3, 0.4) is 0 Å². The third kappa shape index (κ3) is 1.44. The Morgan fingerprint density at radius 1 is 1.25 bits per heavy atom. The number of imidazole rings is 1. The Balaban J connectivity index is 2.10. The van der Waals surface area contributed by atoms with Crippen molar-refractivity contribution in [2.45, 2.75) is 25.5 Å². The quantitative estimate of drug-likeness (QED) is 0.791. The maximum atomic E-state index is 9.84. The van der Waals surface area contributed by atoms with Crippen molar-refractivity contribution in [3.05, 3.63) is 42.4 Å². The van der Waals surface area contributed by atoms with Gasteiger partial charge in [-0.25, -0.2) is 4.98 Å². The number of aliphatic hydroxyl groups is 1. The Hall–Kier alpha value is -1.61. The molecule has 1 unspecified atom stereocenters. The first-order valence-electron chi connectivity index (χ1n) is 5.65. The number of rotatable bonds is 1. The second-order valence-electron chi connectivity index (χ2n) is 4.18.